The van der Waals surface area contributed by atoms with Gasteiger partial charge in [-0.3, -0.25) is 0 Å². The molecule has 3 aliphatic rings. The van der Waals surface area contributed by atoms with Crippen molar-refractivity contribution in [2.24, 2.45) is 11.8 Å². The molecule has 10 heteroatoms. The van der Waals surface area contributed by atoms with E-state index in [0.29, 0.717) is 48.6 Å². The minimum atomic E-state index is -0.860. The number of nitrogens with one attached hydrogen (secondary N) is 1. The highest BCUT2D eigenvalue weighted by Gasteiger charge is 2.43. The van der Waals surface area contributed by atoms with Gasteiger partial charge in [-0.2, -0.15) is 4.98 Å². The number of halogens is 2. The van der Waals surface area contributed by atoms with Crippen LogP contribution in [0.4, 0.5) is 32.2 Å². The number of anilines is 4. The Hall–Kier alpha value is -3.30. The summed E-state index contributed by atoms with van der Waals surface area (Å²) in [7, 11) is 0. The largest absolute Gasteiger partial charge is 0.356 e. The van der Waals surface area contributed by atoms with Crippen molar-refractivity contribution >= 4 is 23.4 Å². The van der Waals surface area contributed by atoms with Crippen LogP contribution in [0.2, 0.25) is 0 Å². The molecule has 1 N–H and O–H groups in total. The lowest BCUT2D eigenvalue weighted by Crippen LogP contribution is -2.48. The topological polar surface area (TPSA) is 75.0 Å². The fourth-order valence-corrected chi connectivity index (χ4v) is 5.34. The first kappa shape index (κ1) is 19.4. The van der Waals surface area contributed by atoms with E-state index in [-0.39, 0.29) is 0 Å². The molecule has 3 atom stereocenters. The minimum absolute atomic E-state index is 0.314. The summed E-state index contributed by atoms with van der Waals surface area (Å²) in [5, 5.41) is 8.22. The Balaban J connectivity index is 1.18. The molecule has 2 aromatic heterocycles. The maximum absolute atomic E-state index is 13.7. The molecule has 4 heterocycles. The second-order valence-electron chi connectivity index (χ2n) is 8.90. The van der Waals surface area contributed by atoms with Gasteiger partial charge in [0.25, 0.3) is 0 Å². The molecule has 0 spiro atoms. The van der Waals surface area contributed by atoms with Crippen molar-refractivity contribution in [2.75, 3.05) is 34.8 Å². The van der Waals surface area contributed by atoms with E-state index >= 15 is 0 Å². The van der Waals surface area contributed by atoms with Gasteiger partial charge in [0.15, 0.2) is 11.6 Å². The Kier molecular flexibility index (Phi) is 4.48. The molecule has 166 valence electrons. The second-order valence-corrected chi connectivity index (χ2v) is 8.90. The molecule has 3 aromatic rings. The van der Waals surface area contributed by atoms with E-state index in [1.54, 1.807) is 12.4 Å². The molecule has 8 nitrogen and oxygen atoms in total. The SMILES string of the molecule is Cc1cc(N2C[C@H]3CC[C@@H](C2)C3Nc2nc3n(n2)CCN3c2ccc(F)c(F)c2)ncn1. The normalized spacial score (nSPS) is 24.2. The van der Waals surface area contributed by atoms with Crippen molar-refractivity contribution in [1.82, 2.24) is 24.7 Å². The minimum Gasteiger partial charge on any atom is -0.356 e. The van der Waals surface area contributed by atoms with Crippen molar-refractivity contribution in [3.8, 4) is 0 Å². The van der Waals surface area contributed by atoms with Crippen LogP contribution in [0.15, 0.2) is 30.6 Å². The van der Waals surface area contributed by atoms with Gasteiger partial charge in [-0.1, -0.05) is 0 Å². The summed E-state index contributed by atoms with van der Waals surface area (Å²) in [6.07, 6.45) is 3.96. The molecule has 1 saturated heterocycles. The monoisotopic (exact) mass is 438 g/mol. The van der Waals surface area contributed by atoms with Gasteiger partial charge in [0.05, 0.1) is 6.54 Å². The number of aryl methyl sites for hydroxylation is 1. The summed E-state index contributed by atoms with van der Waals surface area (Å²) in [5.41, 5.74) is 1.56. The highest BCUT2D eigenvalue weighted by molar-refractivity contribution is 5.60. The van der Waals surface area contributed by atoms with Gasteiger partial charge in [0.1, 0.15) is 12.1 Å². The number of hydrogen-bond acceptors (Lipinski definition) is 7. The average molecular weight is 438 g/mol. The highest BCUT2D eigenvalue weighted by Crippen LogP contribution is 2.40. The number of nitrogens with zero attached hydrogens (tertiary/aromatic N) is 7. The van der Waals surface area contributed by atoms with E-state index in [9.17, 15) is 8.78 Å². The van der Waals surface area contributed by atoms with E-state index in [1.165, 1.54) is 6.07 Å². The quantitative estimate of drug-likeness (QED) is 0.671. The first-order valence-corrected chi connectivity index (χ1v) is 11.0. The van der Waals surface area contributed by atoms with E-state index in [2.05, 4.69) is 25.3 Å². The van der Waals surface area contributed by atoms with Crippen LogP contribution in [0.3, 0.4) is 0 Å². The predicted molar refractivity (Wildman–Crippen MR) is 116 cm³/mol. The van der Waals surface area contributed by atoms with Gasteiger partial charge in [-0.05, 0) is 43.7 Å². The smallest absolute Gasteiger partial charge is 0.244 e. The molecule has 1 aliphatic carbocycles. The van der Waals surface area contributed by atoms with Crippen LogP contribution < -0.4 is 15.1 Å². The van der Waals surface area contributed by atoms with Crippen molar-refractivity contribution in [1.29, 1.82) is 0 Å². The van der Waals surface area contributed by atoms with Crippen molar-refractivity contribution in [3.63, 3.8) is 0 Å². The third-order valence-corrected chi connectivity index (χ3v) is 6.89. The van der Waals surface area contributed by atoms with Crippen LogP contribution in [-0.4, -0.2) is 50.4 Å². The Morgan fingerprint density at radius 1 is 1.00 bits per heavy atom. The molecule has 0 radical (unpaired) electrons. The Morgan fingerprint density at radius 2 is 1.81 bits per heavy atom. The van der Waals surface area contributed by atoms with Gasteiger partial charge in [0, 0.05) is 49.2 Å². The zero-order valence-electron chi connectivity index (χ0n) is 17.7. The van der Waals surface area contributed by atoms with E-state index in [0.717, 1.165) is 43.5 Å². The molecule has 2 bridgehead atoms. The standard InChI is InChI=1S/C22H24F2N8/c1-13-8-19(26-12-25-13)30-10-14-2-3-15(11-30)20(14)27-21-28-22-31(6-7-32(22)29-21)16-4-5-17(23)18(24)9-16/h4-5,8-9,12,14-15,20H,2-3,6-7,10-11H2,1H3,(H,27,29)/t14-,15+,20?. The molecule has 1 saturated carbocycles. The summed E-state index contributed by atoms with van der Waals surface area (Å²) in [5.74, 6) is 1.51. The molecule has 0 amide bonds. The maximum atomic E-state index is 13.7. The van der Waals surface area contributed by atoms with E-state index in [1.807, 2.05) is 22.6 Å². The number of piperidine rings is 1. The summed E-state index contributed by atoms with van der Waals surface area (Å²) in [4.78, 5) is 17.6. The van der Waals surface area contributed by atoms with E-state index < -0.39 is 11.6 Å². The van der Waals surface area contributed by atoms with Crippen molar-refractivity contribution < 1.29 is 8.78 Å². The van der Waals surface area contributed by atoms with Gasteiger partial charge < -0.3 is 15.1 Å². The summed E-state index contributed by atoms with van der Waals surface area (Å²) < 4.78 is 28.9. The number of benzene rings is 1. The van der Waals surface area contributed by atoms with Gasteiger partial charge in [-0.25, -0.2) is 23.4 Å². The molecular formula is C22H24F2N8. The zero-order valence-corrected chi connectivity index (χ0v) is 17.7. The second kappa shape index (κ2) is 7.39. The average Bonchev–Trinajstić information content (AvgIpc) is 3.41. The fraction of sp³-hybridized carbons (Fsp3) is 0.455. The Morgan fingerprint density at radius 3 is 2.56 bits per heavy atom. The van der Waals surface area contributed by atoms with Gasteiger partial charge in [-0.15, -0.1) is 5.10 Å². The van der Waals surface area contributed by atoms with E-state index in [4.69, 9.17) is 4.98 Å². The Bertz CT molecular complexity index is 1150. The first-order valence-electron chi connectivity index (χ1n) is 11.0. The predicted octanol–water partition coefficient (Wildman–Crippen LogP) is 3.13. The molecule has 2 fully saturated rings. The number of aromatic nitrogens is 5. The van der Waals surface area contributed by atoms with Gasteiger partial charge in [0.2, 0.25) is 11.9 Å². The lowest BCUT2D eigenvalue weighted by atomic mass is 9.92. The zero-order chi connectivity index (χ0) is 21.8. The number of fused-ring (bicyclic) bond motifs is 3. The third-order valence-electron chi connectivity index (χ3n) is 6.89. The lowest BCUT2D eigenvalue weighted by molar-refractivity contribution is 0.374. The van der Waals surface area contributed by atoms with Crippen molar-refractivity contribution in [3.05, 3.63) is 47.9 Å². The van der Waals surface area contributed by atoms with Crippen LogP contribution in [0.25, 0.3) is 0 Å². The molecule has 1 aromatic carbocycles. The summed E-state index contributed by atoms with van der Waals surface area (Å²) >= 11 is 0. The number of rotatable bonds is 4. The molecular weight excluding hydrogens is 414 g/mol. The van der Waals surface area contributed by atoms with Crippen LogP contribution in [0.5, 0.6) is 0 Å². The van der Waals surface area contributed by atoms with Crippen molar-refractivity contribution in [2.45, 2.75) is 32.4 Å². The third kappa shape index (κ3) is 3.25. The Labute approximate surface area is 184 Å². The maximum Gasteiger partial charge on any atom is 0.244 e. The van der Waals surface area contributed by atoms with Crippen LogP contribution in [0, 0.1) is 30.4 Å². The van der Waals surface area contributed by atoms with Crippen LogP contribution in [-0.2, 0) is 6.54 Å². The highest BCUT2D eigenvalue weighted by atomic mass is 19.2. The van der Waals surface area contributed by atoms with Gasteiger partial charge >= 0.3 is 0 Å². The molecule has 1 unspecified atom stereocenters. The summed E-state index contributed by atoms with van der Waals surface area (Å²) in [6.45, 7) is 5.16. The van der Waals surface area contributed by atoms with Crippen LogP contribution >= 0.6 is 0 Å². The van der Waals surface area contributed by atoms with Crippen LogP contribution in [0.1, 0.15) is 18.5 Å². The fourth-order valence-electron chi connectivity index (χ4n) is 5.34. The lowest BCUT2D eigenvalue weighted by Gasteiger charge is -2.38. The molecule has 6 rings (SSSR count). The summed E-state index contributed by atoms with van der Waals surface area (Å²) in [6, 6.07) is 6.28. The first-order chi connectivity index (χ1) is 15.5. The molecule has 2 aliphatic heterocycles. The molecule has 32 heavy (non-hydrogen) atoms. The number of hydrogen-bond donors (Lipinski definition) is 1.